The largest absolute Gasteiger partial charge is 0.492 e. The van der Waals surface area contributed by atoms with E-state index >= 15 is 0 Å². The number of para-hydroxylation sites is 1. The van der Waals surface area contributed by atoms with Crippen molar-refractivity contribution in [3.05, 3.63) is 51.7 Å². The Labute approximate surface area is 139 Å². The zero-order valence-corrected chi connectivity index (χ0v) is 14.2. The van der Waals surface area contributed by atoms with Crippen LogP contribution in [0.25, 0.3) is 0 Å². The zero-order chi connectivity index (χ0) is 15.9. The Bertz CT molecular complexity index is 603. The molecule has 1 atom stereocenters. The molecule has 6 heteroatoms. The first-order valence-electron chi connectivity index (χ1n) is 7.01. The SMILES string of the molecule is CC(NC(=O)N(C)CCOc1ccccc1)c1ccc(Cl)s1. The predicted molar refractivity (Wildman–Crippen MR) is 90.8 cm³/mol. The minimum absolute atomic E-state index is 0.0671. The number of carbonyl (C=O) groups excluding carboxylic acids is 1. The monoisotopic (exact) mass is 338 g/mol. The number of hydrogen-bond acceptors (Lipinski definition) is 3. The van der Waals surface area contributed by atoms with Gasteiger partial charge in [-0.15, -0.1) is 11.3 Å². The van der Waals surface area contributed by atoms with Gasteiger partial charge in [0, 0.05) is 11.9 Å². The molecule has 4 nitrogen and oxygen atoms in total. The first-order valence-corrected chi connectivity index (χ1v) is 8.20. The summed E-state index contributed by atoms with van der Waals surface area (Å²) in [4.78, 5) is 14.7. The smallest absolute Gasteiger partial charge is 0.317 e. The van der Waals surface area contributed by atoms with Crippen LogP contribution in [0, 0.1) is 0 Å². The molecule has 0 spiro atoms. The molecule has 0 saturated heterocycles. The van der Waals surface area contributed by atoms with E-state index in [0.717, 1.165) is 15.0 Å². The van der Waals surface area contributed by atoms with Gasteiger partial charge < -0.3 is 15.0 Å². The summed E-state index contributed by atoms with van der Waals surface area (Å²) >= 11 is 7.38. The lowest BCUT2D eigenvalue weighted by Gasteiger charge is -2.21. The summed E-state index contributed by atoms with van der Waals surface area (Å²) in [5.74, 6) is 0.804. The van der Waals surface area contributed by atoms with Crippen LogP contribution in [-0.2, 0) is 0 Å². The minimum Gasteiger partial charge on any atom is -0.492 e. The molecule has 0 aliphatic heterocycles. The number of thiophene rings is 1. The van der Waals surface area contributed by atoms with Gasteiger partial charge in [0.2, 0.25) is 0 Å². The number of amides is 2. The number of carbonyl (C=O) groups is 1. The van der Waals surface area contributed by atoms with Gasteiger partial charge in [0.05, 0.1) is 16.9 Å². The molecule has 1 unspecified atom stereocenters. The molecular weight excluding hydrogens is 320 g/mol. The molecule has 0 radical (unpaired) electrons. The van der Waals surface area contributed by atoms with Gasteiger partial charge in [0.1, 0.15) is 12.4 Å². The lowest BCUT2D eigenvalue weighted by Crippen LogP contribution is -2.40. The maximum absolute atomic E-state index is 12.1. The number of halogens is 1. The molecule has 2 rings (SSSR count). The van der Waals surface area contributed by atoms with Crippen molar-refractivity contribution in [1.82, 2.24) is 10.2 Å². The lowest BCUT2D eigenvalue weighted by molar-refractivity contribution is 0.192. The third kappa shape index (κ3) is 4.93. The summed E-state index contributed by atoms with van der Waals surface area (Å²) in [7, 11) is 1.75. The molecule has 1 N–H and O–H groups in total. The van der Waals surface area contributed by atoms with Gasteiger partial charge in [-0.3, -0.25) is 0 Å². The molecule has 2 aromatic rings. The highest BCUT2D eigenvalue weighted by Gasteiger charge is 2.14. The number of urea groups is 1. The molecule has 0 bridgehead atoms. The van der Waals surface area contributed by atoms with Crippen molar-refractivity contribution in [2.45, 2.75) is 13.0 Å². The van der Waals surface area contributed by atoms with E-state index in [1.54, 1.807) is 11.9 Å². The van der Waals surface area contributed by atoms with Crippen molar-refractivity contribution in [3.63, 3.8) is 0 Å². The van der Waals surface area contributed by atoms with E-state index in [-0.39, 0.29) is 12.1 Å². The Morgan fingerprint density at radius 3 is 2.68 bits per heavy atom. The van der Waals surface area contributed by atoms with Crippen LogP contribution >= 0.6 is 22.9 Å². The van der Waals surface area contributed by atoms with E-state index in [1.807, 2.05) is 49.4 Å². The van der Waals surface area contributed by atoms with Crippen LogP contribution in [0.3, 0.4) is 0 Å². The van der Waals surface area contributed by atoms with Gasteiger partial charge in [-0.05, 0) is 31.2 Å². The van der Waals surface area contributed by atoms with Crippen LogP contribution in [0.5, 0.6) is 5.75 Å². The highest BCUT2D eigenvalue weighted by Crippen LogP contribution is 2.26. The third-order valence-electron chi connectivity index (χ3n) is 3.15. The highest BCUT2D eigenvalue weighted by molar-refractivity contribution is 7.16. The number of hydrogen-bond donors (Lipinski definition) is 1. The van der Waals surface area contributed by atoms with Gasteiger partial charge in [0.15, 0.2) is 0 Å². The summed E-state index contributed by atoms with van der Waals surface area (Å²) in [6.07, 6.45) is 0. The first kappa shape index (κ1) is 16.6. The molecule has 1 aromatic heterocycles. The summed E-state index contributed by atoms with van der Waals surface area (Å²) in [6.45, 7) is 2.90. The molecule has 0 saturated carbocycles. The van der Waals surface area contributed by atoms with E-state index in [4.69, 9.17) is 16.3 Å². The van der Waals surface area contributed by atoms with E-state index < -0.39 is 0 Å². The Hall–Kier alpha value is -1.72. The van der Waals surface area contributed by atoms with E-state index in [1.165, 1.54) is 11.3 Å². The molecule has 0 fully saturated rings. The molecular formula is C16H19ClN2O2S. The van der Waals surface area contributed by atoms with Crippen molar-refractivity contribution >= 4 is 29.0 Å². The van der Waals surface area contributed by atoms with Crippen LogP contribution in [0.4, 0.5) is 4.79 Å². The van der Waals surface area contributed by atoms with Crippen molar-refractivity contribution in [3.8, 4) is 5.75 Å². The molecule has 118 valence electrons. The second kappa shape index (κ2) is 8.06. The Morgan fingerprint density at radius 2 is 2.05 bits per heavy atom. The quantitative estimate of drug-likeness (QED) is 0.858. The highest BCUT2D eigenvalue weighted by atomic mass is 35.5. The molecule has 1 aromatic carbocycles. The second-order valence-electron chi connectivity index (χ2n) is 4.90. The average Bonchev–Trinajstić information content (AvgIpc) is 2.95. The Balaban J connectivity index is 1.74. The fourth-order valence-electron chi connectivity index (χ4n) is 1.85. The van der Waals surface area contributed by atoms with E-state index in [9.17, 15) is 4.79 Å². The topological polar surface area (TPSA) is 41.6 Å². The molecule has 0 aliphatic carbocycles. The predicted octanol–water partition coefficient (Wildman–Crippen LogP) is 4.18. The maximum atomic E-state index is 12.1. The van der Waals surface area contributed by atoms with Crippen molar-refractivity contribution in [2.24, 2.45) is 0 Å². The summed E-state index contributed by atoms with van der Waals surface area (Å²) in [6, 6.07) is 13.1. The van der Waals surface area contributed by atoms with Crippen molar-refractivity contribution in [1.29, 1.82) is 0 Å². The number of likely N-dealkylation sites (N-methyl/N-ethyl adjacent to an activating group) is 1. The number of nitrogens with one attached hydrogen (secondary N) is 1. The Morgan fingerprint density at radius 1 is 1.32 bits per heavy atom. The summed E-state index contributed by atoms with van der Waals surface area (Å²) < 4.78 is 6.31. The maximum Gasteiger partial charge on any atom is 0.317 e. The fourth-order valence-corrected chi connectivity index (χ4v) is 2.91. The lowest BCUT2D eigenvalue weighted by atomic mass is 10.3. The number of rotatable bonds is 6. The molecule has 0 aliphatic rings. The van der Waals surface area contributed by atoms with Crippen LogP contribution in [0.2, 0.25) is 4.34 Å². The molecule has 1 heterocycles. The summed E-state index contributed by atoms with van der Waals surface area (Å²) in [5.41, 5.74) is 0. The van der Waals surface area contributed by atoms with Crippen LogP contribution in [-0.4, -0.2) is 31.1 Å². The Kier molecular flexibility index (Phi) is 6.10. The van der Waals surface area contributed by atoms with Gasteiger partial charge in [-0.2, -0.15) is 0 Å². The van der Waals surface area contributed by atoms with E-state index in [0.29, 0.717) is 13.2 Å². The molecule has 22 heavy (non-hydrogen) atoms. The normalized spacial score (nSPS) is 11.8. The minimum atomic E-state index is -0.131. The fraction of sp³-hybridized carbons (Fsp3) is 0.312. The second-order valence-corrected chi connectivity index (χ2v) is 6.64. The van der Waals surface area contributed by atoms with Gasteiger partial charge in [-0.1, -0.05) is 29.8 Å². The van der Waals surface area contributed by atoms with Gasteiger partial charge in [0.25, 0.3) is 0 Å². The van der Waals surface area contributed by atoms with E-state index in [2.05, 4.69) is 5.32 Å². The third-order valence-corrected chi connectivity index (χ3v) is 4.56. The van der Waals surface area contributed by atoms with Gasteiger partial charge in [-0.25, -0.2) is 4.79 Å². The standard InChI is InChI=1S/C16H19ClN2O2S/c1-12(14-8-9-15(17)22-14)18-16(20)19(2)10-11-21-13-6-4-3-5-7-13/h3-9,12H,10-11H2,1-2H3,(H,18,20). The van der Waals surface area contributed by atoms with Crippen LogP contribution in [0.15, 0.2) is 42.5 Å². The van der Waals surface area contributed by atoms with Crippen LogP contribution in [0.1, 0.15) is 17.8 Å². The summed E-state index contributed by atoms with van der Waals surface area (Å²) in [5, 5.41) is 2.94. The average molecular weight is 339 g/mol. The zero-order valence-electron chi connectivity index (χ0n) is 12.6. The number of nitrogens with zero attached hydrogens (tertiary/aromatic N) is 1. The van der Waals surface area contributed by atoms with Crippen molar-refractivity contribution < 1.29 is 9.53 Å². The molecule has 2 amide bonds. The first-order chi connectivity index (χ1) is 10.6. The van der Waals surface area contributed by atoms with Crippen molar-refractivity contribution in [2.75, 3.05) is 20.2 Å². The van der Waals surface area contributed by atoms with Crippen LogP contribution < -0.4 is 10.1 Å². The number of ether oxygens (including phenoxy) is 1. The van der Waals surface area contributed by atoms with Gasteiger partial charge >= 0.3 is 6.03 Å². The number of benzene rings is 1.